The molecule has 0 fully saturated rings. The molecular formula is C13H17FO4S. The first-order valence-electron chi connectivity index (χ1n) is 5.76. The lowest BCUT2D eigenvalue weighted by Crippen LogP contribution is -2.22. The minimum absolute atomic E-state index is 0.0820. The first-order valence-corrected chi connectivity index (χ1v) is 7.08. The molecule has 0 aliphatic heterocycles. The molecule has 106 valence electrons. The van der Waals surface area contributed by atoms with E-state index in [1.807, 2.05) is 20.8 Å². The van der Waals surface area contributed by atoms with E-state index in [9.17, 15) is 13.4 Å². The summed E-state index contributed by atoms with van der Waals surface area (Å²) in [5, 5.41) is 8.82. The number of carbonyl (C=O) groups is 1. The van der Waals surface area contributed by atoms with Crippen LogP contribution in [0.1, 0.15) is 31.1 Å². The van der Waals surface area contributed by atoms with Gasteiger partial charge in [-0.05, 0) is 39.0 Å². The SMILES string of the molecule is CC(C)(C)OCCS(=O)c1cc(C(=O)O)ccc1F. The highest BCUT2D eigenvalue weighted by Gasteiger charge is 2.15. The van der Waals surface area contributed by atoms with Crippen LogP contribution in [0.4, 0.5) is 4.39 Å². The Balaban J connectivity index is 2.76. The topological polar surface area (TPSA) is 63.6 Å². The van der Waals surface area contributed by atoms with Crippen LogP contribution in [0.5, 0.6) is 0 Å². The molecule has 19 heavy (non-hydrogen) atoms. The summed E-state index contributed by atoms with van der Waals surface area (Å²) < 4.78 is 30.8. The second kappa shape index (κ2) is 6.25. The second-order valence-electron chi connectivity index (χ2n) is 4.96. The summed E-state index contributed by atoms with van der Waals surface area (Å²) in [4.78, 5) is 10.7. The summed E-state index contributed by atoms with van der Waals surface area (Å²) >= 11 is 0. The minimum Gasteiger partial charge on any atom is -0.478 e. The average molecular weight is 288 g/mol. The number of hydrogen-bond donors (Lipinski definition) is 1. The molecule has 0 saturated carbocycles. The molecule has 6 heteroatoms. The third kappa shape index (κ3) is 5.08. The number of rotatable bonds is 5. The lowest BCUT2D eigenvalue weighted by molar-refractivity contribution is 0.00668. The quantitative estimate of drug-likeness (QED) is 0.904. The molecule has 1 aromatic carbocycles. The highest BCUT2D eigenvalue weighted by atomic mass is 32.2. The smallest absolute Gasteiger partial charge is 0.335 e. The summed E-state index contributed by atoms with van der Waals surface area (Å²) in [6, 6.07) is 3.26. The molecule has 0 spiro atoms. The minimum atomic E-state index is -1.62. The highest BCUT2D eigenvalue weighted by Crippen LogP contribution is 2.16. The van der Waals surface area contributed by atoms with E-state index in [4.69, 9.17) is 9.84 Å². The molecule has 1 unspecified atom stereocenters. The van der Waals surface area contributed by atoms with E-state index in [1.54, 1.807) is 0 Å². The maximum atomic E-state index is 13.5. The predicted octanol–water partition coefficient (Wildman–Crippen LogP) is 2.45. The van der Waals surface area contributed by atoms with E-state index in [0.29, 0.717) is 0 Å². The van der Waals surface area contributed by atoms with Crippen LogP contribution < -0.4 is 0 Å². The van der Waals surface area contributed by atoms with Gasteiger partial charge < -0.3 is 9.84 Å². The Labute approximate surface area is 114 Å². The van der Waals surface area contributed by atoms with Crippen LogP contribution in [0.2, 0.25) is 0 Å². The van der Waals surface area contributed by atoms with Gasteiger partial charge in [-0.15, -0.1) is 0 Å². The highest BCUT2D eigenvalue weighted by molar-refractivity contribution is 7.85. The van der Waals surface area contributed by atoms with E-state index < -0.39 is 22.6 Å². The number of carboxylic acid groups (broad SMARTS) is 1. The summed E-state index contributed by atoms with van der Waals surface area (Å²) in [6.45, 7) is 5.80. The van der Waals surface area contributed by atoms with E-state index in [2.05, 4.69) is 0 Å². The van der Waals surface area contributed by atoms with Crippen LogP contribution in [-0.4, -0.2) is 33.2 Å². The van der Waals surface area contributed by atoms with Gasteiger partial charge in [-0.3, -0.25) is 4.21 Å². The van der Waals surface area contributed by atoms with Crippen molar-refractivity contribution in [3.63, 3.8) is 0 Å². The standard InChI is InChI=1S/C13H17FO4S/c1-13(2,3)18-6-7-19(17)11-8-9(12(15)16)4-5-10(11)14/h4-5,8H,6-7H2,1-3H3,(H,15,16). The number of halogens is 1. The number of hydrogen-bond acceptors (Lipinski definition) is 3. The van der Waals surface area contributed by atoms with Crippen molar-refractivity contribution < 1.29 is 23.2 Å². The number of aromatic carboxylic acids is 1. The number of benzene rings is 1. The van der Waals surface area contributed by atoms with Gasteiger partial charge in [0, 0.05) is 0 Å². The Kier molecular flexibility index (Phi) is 5.20. The Morgan fingerprint density at radius 3 is 2.58 bits per heavy atom. The van der Waals surface area contributed by atoms with Crippen molar-refractivity contribution >= 4 is 16.8 Å². The zero-order valence-corrected chi connectivity index (χ0v) is 11.9. The number of ether oxygens (including phenoxy) is 1. The summed E-state index contributed by atoms with van der Waals surface area (Å²) in [5.74, 6) is -1.72. The van der Waals surface area contributed by atoms with E-state index in [0.717, 1.165) is 18.2 Å². The lowest BCUT2D eigenvalue weighted by Gasteiger charge is -2.19. The number of carboxylic acids is 1. The van der Waals surface area contributed by atoms with Crippen LogP contribution in [0.3, 0.4) is 0 Å². The maximum absolute atomic E-state index is 13.5. The van der Waals surface area contributed by atoms with Gasteiger partial charge in [0.25, 0.3) is 0 Å². The van der Waals surface area contributed by atoms with Gasteiger partial charge in [-0.1, -0.05) is 0 Å². The summed E-state index contributed by atoms with van der Waals surface area (Å²) in [5.41, 5.74) is -0.437. The van der Waals surface area contributed by atoms with E-state index >= 15 is 0 Å². The zero-order valence-electron chi connectivity index (χ0n) is 11.1. The first-order chi connectivity index (χ1) is 8.70. The molecule has 1 rings (SSSR count). The van der Waals surface area contributed by atoms with Gasteiger partial charge in [0.05, 0.1) is 39.2 Å². The van der Waals surface area contributed by atoms with Crippen molar-refractivity contribution in [2.75, 3.05) is 12.4 Å². The summed E-state index contributed by atoms with van der Waals surface area (Å²) in [7, 11) is -1.62. The van der Waals surface area contributed by atoms with E-state index in [-0.39, 0.29) is 28.4 Å². The lowest BCUT2D eigenvalue weighted by atomic mass is 10.2. The third-order valence-corrected chi connectivity index (χ3v) is 3.57. The van der Waals surface area contributed by atoms with Crippen LogP contribution in [0, 0.1) is 5.82 Å². The molecule has 0 amide bonds. The molecule has 0 aliphatic rings. The normalized spacial score (nSPS) is 13.3. The Morgan fingerprint density at radius 2 is 2.05 bits per heavy atom. The molecule has 0 radical (unpaired) electrons. The van der Waals surface area contributed by atoms with Crippen LogP contribution in [0.15, 0.2) is 23.1 Å². The van der Waals surface area contributed by atoms with Gasteiger partial charge in [-0.25, -0.2) is 9.18 Å². The van der Waals surface area contributed by atoms with Crippen molar-refractivity contribution in [1.29, 1.82) is 0 Å². The van der Waals surface area contributed by atoms with Gasteiger partial charge >= 0.3 is 5.97 Å². The zero-order chi connectivity index (χ0) is 14.6. The van der Waals surface area contributed by atoms with Crippen molar-refractivity contribution in [3.05, 3.63) is 29.6 Å². The summed E-state index contributed by atoms with van der Waals surface area (Å²) in [6.07, 6.45) is 0. The third-order valence-electron chi connectivity index (χ3n) is 2.23. The fraction of sp³-hybridized carbons (Fsp3) is 0.462. The first kappa shape index (κ1) is 15.8. The average Bonchev–Trinajstić information content (AvgIpc) is 2.27. The Hall–Kier alpha value is -1.27. The fourth-order valence-electron chi connectivity index (χ4n) is 1.34. The molecule has 1 aromatic rings. The monoisotopic (exact) mass is 288 g/mol. The van der Waals surface area contributed by atoms with Crippen molar-refractivity contribution in [2.45, 2.75) is 31.3 Å². The Morgan fingerprint density at radius 1 is 1.42 bits per heavy atom. The van der Waals surface area contributed by atoms with Crippen molar-refractivity contribution in [1.82, 2.24) is 0 Å². The van der Waals surface area contributed by atoms with Crippen molar-refractivity contribution in [2.24, 2.45) is 0 Å². The molecular weight excluding hydrogens is 271 g/mol. The van der Waals surface area contributed by atoms with Gasteiger partial charge in [0.2, 0.25) is 0 Å². The van der Waals surface area contributed by atoms with Crippen LogP contribution in [0.25, 0.3) is 0 Å². The molecule has 0 heterocycles. The molecule has 0 aliphatic carbocycles. The molecule has 0 saturated heterocycles. The van der Waals surface area contributed by atoms with Crippen molar-refractivity contribution in [3.8, 4) is 0 Å². The van der Waals surface area contributed by atoms with Crippen LogP contribution in [-0.2, 0) is 15.5 Å². The van der Waals surface area contributed by atoms with Gasteiger partial charge in [0.1, 0.15) is 5.82 Å². The molecule has 0 bridgehead atoms. The molecule has 4 nitrogen and oxygen atoms in total. The van der Waals surface area contributed by atoms with E-state index in [1.165, 1.54) is 0 Å². The van der Waals surface area contributed by atoms with Gasteiger partial charge in [-0.2, -0.15) is 0 Å². The molecule has 0 aromatic heterocycles. The van der Waals surface area contributed by atoms with Crippen LogP contribution >= 0.6 is 0 Å². The predicted molar refractivity (Wildman–Crippen MR) is 70.3 cm³/mol. The van der Waals surface area contributed by atoms with Gasteiger partial charge in [0.15, 0.2) is 0 Å². The maximum Gasteiger partial charge on any atom is 0.335 e. The fourth-order valence-corrected chi connectivity index (χ4v) is 2.34. The Bertz CT molecular complexity index is 494. The second-order valence-corrected chi connectivity index (χ2v) is 6.50. The molecule has 1 atom stereocenters. The molecule has 1 N–H and O–H groups in total. The largest absolute Gasteiger partial charge is 0.478 e.